The van der Waals surface area contributed by atoms with E-state index < -0.39 is 6.04 Å². The predicted octanol–water partition coefficient (Wildman–Crippen LogP) is 4.58. The minimum atomic E-state index is -0.550. The van der Waals surface area contributed by atoms with Crippen LogP contribution >= 0.6 is 23.2 Å². The fourth-order valence-corrected chi connectivity index (χ4v) is 2.43. The predicted molar refractivity (Wildman–Crippen MR) is 80.1 cm³/mol. The zero-order valence-electron chi connectivity index (χ0n) is 10.9. The van der Waals surface area contributed by atoms with Crippen LogP contribution in [0.5, 0.6) is 5.75 Å². The van der Waals surface area contributed by atoms with Crippen molar-refractivity contribution in [2.75, 3.05) is 6.61 Å². The van der Waals surface area contributed by atoms with Gasteiger partial charge in [0.25, 0.3) is 0 Å². The van der Waals surface area contributed by atoms with Crippen molar-refractivity contribution < 1.29 is 9.13 Å². The Morgan fingerprint density at radius 1 is 1.20 bits per heavy atom. The highest BCUT2D eigenvalue weighted by Crippen LogP contribution is 2.35. The summed E-state index contributed by atoms with van der Waals surface area (Å²) in [4.78, 5) is 0. The number of hydrogen-bond acceptors (Lipinski definition) is 2. The van der Waals surface area contributed by atoms with E-state index in [9.17, 15) is 4.39 Å². The molecule has 2 aromatic carbocycles. The van der Waals surface area contributed by atoms with Crippen molar-refractivity contribution in [3.8, 4) is 5.75 Å². The van der Waals surface area contributed by atoms with Gasteiger partial charge in [0.05, 0.1) is 17.7 Å². The summed E-state index contributed by atoms with van der Waals surface area (Å²) in [6.07, 6.45) is 0. The summed E-state index contributed by atoms with van der Waals surface area (Å²) >= 11 is 12.3. The Kier molecular flexibility index (Phi) is 4.86. The summed E-state index contributed by atoms with van der Waals surface area (Å²) in [7, 11) is 0. The van der Waals surface area contributed by atoms with Crippen molar-refractivity contribution in [1.82, 2.24) is 0 Å². The first-order valence-corrected chi connectivity index (χ1v) is 6.91. The van der Waals surface area contributed by atoms with Crippen LogP contribution in [0.2, 0.25) is 10.0 Å². The van der Waals surface area contributed by atoms with Crippen LogP contribution in [-0.4, -0.2) is 6.61 Å². The molecule has 0 aliphatic heterocycles. The topological polar surface area (TPSA) is 35.2 Å². The average molecular weight is 314 g/mol. The van der Waals surface area contributed by atoms with E-state index in [1.165, 1.54) is 12.1 Å². The Hall–Kier alpha value is -1.29. The fraction of sp³-hybridized carbons (Fsp3) is 0.200. The molecule has 20 heavy (non-hydrogen) atoms. The van der Waals surface area contributed by atoms with Gasteiger partial charge in [0.2, 0.25) is 0 Å². The molecule has 0 aliphatic carbocycles. The lowest BCUT2D eigenvalue weighted by Gasteiger charge is -2.16. The lowest BCUT2D eigenvalue weighted by Crippen LogP contribution is -2.13. The van der Waals surface area contributed by atoms with Crippen molar-refractivity contribution in [2.24, 2.45) is 5.73 Å². The molecular weight excluding hydrogens is 300 g/mol. The molecule has 2 N–H and O–H groups in total. The van der Waals surface area contributed by atoms with Gasteiger partial charge in [-0.3, -0.25) is 0 Å². The molecule has 0 fully saturated rings. The molecule has 0 heterocycles. The van der Waals surface area contributed by atoms with E-state index in [0.717, 1.165) is 0 Å². The van der Waals surface area contributed by atoms with Crippen LogP contribution in [-0.2, 0) is 0 Å². The second-order valence-corrected chi connectivity index (χ2v) is 5.08. The second kappa shape index (κ2) is 6.44. The minimum absolute atomic E-state index is 0.342. The number of hydrogen-bond donors (Lipinski definition) is 1. The van der Waals surface area contributed by atoms with Gasteiger partial charge in [-0.05, 0) is 36.2 Å². The normalized spacial score (nSPS) is 12.2. The molecule has 0 saturated heterocycles. The Morgan fingerprint density at radius 3 is 2.60 bits per heavy atom. The smallest absolute Gasteiger partial charge is 0.139 e. The van der Waals surface area contributed by atoms with Crippen molar-refractivity contribution in [3.63, 3.8) is 0 Å². The molecule has 0 bridgehead atoms. The van der Waals surface area contributed by atoms with Crippen LogP contribution in [0, 0.1) is 5.82 Å². The Bertz CT molecular complexity index is 619. The molecule has 5 heteroatoms. The van der Waals surface area contributed by atoms with E-state index >= 15 is 0 Å². The summed E-state index contributed by atoms with van der Waals surface area (Å²) in [6, 6.07) is 8.83. The molecule has 0 saturated carbocycles. The zero-order chi connectivity index (χ0) is 14.7. The number of halogens is 3. The first-order chi connectivity index (χ1) is 9.52. The van der Waals surface area contributed by atoms with Crippen LogP contribution in [0.3, 0.4) is 0 Å². The first-order valence-electron chi connectivity index (χ1n) is 6.15. The summed E-state index contributed by atoms with van der Waals surface area (Å²) in [6.45, 7) is 2.35. The minimum Gasteiger partial charge on any atom is -0.492 e. The van der Waals surface area contributed by atoms with Gasteiger partial charge >= 0.3 is 0 Å². The van der Waals surface area contributed by atoms with Crippen molar-refractivity contribution in [1.29, 1.82) is 0 Å². The SMILES string of the molecule is CCOc1cc(Cl)c(C(N)c2cccc(F)c2)cc1Cl. The summed E-state index contributed by atoms with van der Waals surface area (Å²) < 4.78 is 18.6. The van der Waals surface area contributed by atoms with Crippen LogP contribution in [0.15, 0.2) is 36.4 Å². The van der Waals surface area contributed by atoms with Crippen molar-refractivity contribution in [2.45, 2.75) is 13.0 Å². The second-order valence-electron chi connectivity index (χ2n) is 4.27. The van der Waals surface area contributed by atoms with E-state index in [-0.39, 0.29) is 5.82 Å². The molecular formula is C15H14Cl2FNO. The molecule has 1 unspecified atom stereocenters. The molecule has 1 atom stereocenters. The first kappa shape index (κ1) is 15.1. The summed E-state index contributed by atoms with van der Waals surface area (Å²) in [5.41, 5.74) is 7.39. The lowest BCUT2D eigenvalue weighted by molar-refractivity contribution is 0.340. The average Bonchev–Trinajstić information content (AvgIpc) is 2.42. The van der Waals surface area contributed by atoms with Gasteiger partial charge in [0.1, 0.15) is 11.6 Å². The lowest BCUT2D eigenvalue weighted by atomic mass is 9.99. The van der Waals surface area contributed by atoms with E-state index in [2.05, 4.69) is 0 Å². The largest absolute Gasteiger partial charge is 0.492 e. The van der Waals surface area contributed by atoms with E-state index in [0.29, 0.717) is 33.5 Å². The molecule has 0 aliphatic rings. The Balaban J connectivity index is 2.40. The van der Waals surface area contributed by atoms with Gasteiger partial charge < -0.3 is 10.5 Å². The van der Waals surface area contributed by atoms with E-state index in [1.807, 2.05) is 6.92 Å². The molecule has 0 spiro atoms. The van der Waals surface area contributed by atoms with Crippen molar-refractivity contribution in [3.05, 3.63) is 63.4 Å². The third-order valence-electron chi connectivity index (χ3n) is 2.89. The van der Waals surface area contributed by atoms with Crippen molar-refractivity contribution >= 4 is 23.2 Å². The van der Waals surface area contributed by atoms with Gasteiger partial charge in [0, 0.05) is 11.1 Å². The molecule has 0 radical (unpaired) electrons. The highest BCUT2D eigenvalue weighted by Gasteiger charge is 2.16. The molecule has 0 amide bonds. The maximum Gasteiger partial charge on any atom is 0.139 e. The van der Waals surface area contributed by atoms with E-state index in [1.54, 1.807) is 24.3 Å². The Labute approximate surface area is 127 Å². The number of ether oxygens (including phenoxy) is 1. The maximum atomic E-state index is 13.3. The quantitative estimate of drug-likeness (QED) is 0.896. The van der Waals surface area contributed by atoms with Gasteiger partial charge in [-0.15, -0.1) is 0 Å². The van der Waals surface area contributed by atoms with E-state index in [4.69, 9.17) is 33.7 Å². The highest BCUT2D eigenvalue weighted by molar-refractivity contribution is 6.34. The molecule has 2 rings (SSSR count). The summed E-state index contributed by atoms with van der Waals surface area (Å²) in [5, 5.41) is 0.868. The molecule has 106 valence electrons. The van der Waals surface area contributed by atoms with Crippen LogP contribution in [0.4, 0.5) is 4.39 Å². The Morgan fingerprint density at radius 2 is 1.95 bits per heavy atom. The zero-order valence-corrected chi connectivity index (χ0v) is 12.4. The van der Waals surface area contributed by atoms with Crippen LogP contribution in [0.25, 0.3) is 0 Å². The number of rotatable bonds is 4. The van der Waals surface area contributed by atoms with Gasteiger partial charge in [0.15, 0.2) is 0 Å². The van der Waals surface area contributed by atoms with Crippen LogP contribution in [0.1, 0.15) is 24.1 Å². The third kappa shape index (κ3) is 3.23. The standard InChI is InChI=1S/C15H14Cl2FNO/c1-2-20-14-8-12(16)11(7-13(14)17)15(19)9-4-3-5-10(18)6-9/h3-8,15H,2,19H2,1H3. The maximum absolute atomic E-state index is 13.3. The fourth-order valence-electron chi connectivity index (χ4n) is 1.93. The molecule has 0 aromatic heterocycles. The molecule has 2 nitrogen and oxygen atoms in total. The van der Waals surface area contributed by atoms with Gasteiger partial charge in [-0.2, -0.15) is 0 Å². The number of nitrogens with two attached hydrogens (primary N) is 1. The van der Waals surface area contributed by atoms with Gasteiger partial charge in [-0.25, -0.2) is 4.39 Å². The number of benzene rings is 2. The highest BCUT2D eigenvalue weighted by atomic mass is 35.5. The van der Waals surface area contributed by atoms with Gasteiger partial charge in [-0.1, -0.05) is 35.3 Å². The van der Waals surface area contributed by atoms with Crippen LogP contribution < -0.4 is 10.5 Å². The molecule has 2 aromatic rings. The monoisotopic (exact) mass is 313 g/mol. The summed E-state index contributed by atoms with van der Waals surface area (Å²) in [5.74, 6) is 0.167. The third-order valence-corrected chi connectivity index (χ3v) is 3.52.